The van der Waals surface area contributed by atoms with Gasteiger partial charge < -0.3 is 10.1 Å². The summed E-state index contributed by atoms with van der Waals surface area (Å²) in [4.78, 5) is 12.8. The smallest absolute Gasteiger partial charge is 0.255 e. The molecule has 1 aliphatic rings. The molecule has 0 heterocycles. The minimum Gasteiger partial charge on any atom is -0.496 e. The monoisotopic (exact) mass is 359 g/mol. The van der Waals surface area contributed by atoms with E-state index in [2.05, 4.69) is 21.2 Å². The summed E-state index contributed by atoms with van der Waals surface area (Å²) in [5, 5.41) is 3.64. The number of hydrogen-bond acceptors (Lipinski definition) is 2. The van der Waals surface area contributed by atoms with Gasteiger partial charge in [0, 0.05) is 15.9 Å². The lowest BCUT2D eigenvalue weighted by molar-refractivity contribution is 0.0932. The van der Waals surface area contributed by atoms with E-state index in [1.54, 1.807) is 25.3 Å². The molecule has 0 bridgehead atoms. The van der Waals surface area contributed by atoms with Gasteiger partial charge in [-0.05, 0) is 31.0 Å². The Labute approximate surface area is 133 Å². The first-order valence-corrected chi connectivity index (χ1v) is 8.19. The number of methoxy groups -OCH3 is 1. The number of carbonyl (C=O) groups excluding carboxylic acids is 1. The van der Waals surface area contributed by atoms with Crippen LogP contribution in [-0.4, -0.2) is 23.9 Å². The number of halogens is 2. The van der Waals surface area contributed by atoms with E-state index < -0.39 is 0 Å². The Balaban J connectivity index is 2.12. The van der Waals surface area contributed by atoms with Gasteiger partial charge in [-0.1, -0.05) is 46.8 Å². The Hall–Kier alpha value is -0.740. The number of rotatable bonds is 3. The molecule has 0 spiro atoms. The molecule has 1 aromatic rings. The molecule has 2 atom stereocenters. The maximum absolute atomic E-state index is 12.4. The van der Waals surface area contributed by atoms with Gasteiger partial charge in [-0.2, -0.15) is 0 Å². The molecule has 110 valence electrons. The number of alkyl halides is 1. The highest BCUT2D eigenvalue weighted by Gasteiger charge is 2.24. The number of hydrogen-bond donors (Lipinski definition) is 1. The number of amides is 1. The van der Waals surface area contributed by atoms with Gasteiger partial charge in [0.15, 0.2) is 0 Å². The minimum absolute atomic E-state index is 0.124. The average Bonchev–Trinajstić information content (AvgIpc) is 2.64. The number of ether oxygens (including phenoxy) is 1. The minimum atomic E-state index is -0.124. The van der Waals surface area contributed by atoms with Crippen LogP contribution in [0.25, 0.3) is 0 Å². The van der Waals surface area contributed by atoms with Crippen LogP contribution in [0, 0.1) is 0 Å². The second kappa shape index (κ2) is 7.32. The fourth-order valence-corrected chi connectivity index (χ4v) is 3.42. The second-order valence-corrected chi connectivity index (χ2v) is 6.69. The third-order valence-electron chi connectivity index (χ3n) is 3.65. The number of carbonyl (C=O) groups is 1. The van der Waals surface area contributed by atoms with Crippen molar-refractivity contribution in [2.75, 3.05) is 7.11 Å². The maximum atomic E-state index is 12.4. The van der Waals surface area contributed by atoms with Crippen molar-refractivity contribution >= 4 is 33.4 Å². The van der Waals surface area contributed by atoms with Crippen molar-refractivity contribution in [3.8, 4) is 5.75 Å². The molecule has 3 nitrogen and oxygen atoms in total. The third kappa shape index (κ3) is 3.89. The molecule has 1 aromatic carbocycles. The van der Waals surface area contributed by atoms with E-state index in [4.69, 9.17) is 16.3 Å². The van der Waals surface area contributed by atoms with Gasteiger partial charge in [-0.25, -0.2) is 0 Å². The first-order chi connectivity index (χ1) is 9.61. The van der Waals surface area contributed by atoms with E-state index >= 15 is 0 Å². The molecule has 0 saturated heterocycles. The van der Waals surface area contributed by atoms with Gasteiger partial charge >= 0.3 is 0 Å². The van der Waals surface area contributed by atoms with Crippen LogP contribution < -0.4 is 10.1 Å². The molecule has 1 fully saturated rings. The average molecular weight is 361 g/mol. The predicted molar refractivity (Wildman–Crippen MR) is 85.1 cm³/mol. The van der Waals surface area contributed by atoms with E-state index in [9.17, 15) is 4.79 Å². The van der Waals surface area contributed by atoms with E-state index in [0.717, 1.165) is 19.3 Å². The van der Waals surface area contributed by atoms with Gasteiger partial charge in [0.25, 0.3) is 5.91 Å². The summed E-state index contributed by atoms with van der Waals surface area (Å²) in [6, 6.07) is 5.25. The first-order valence-electron chi connectivity index (χ1n) is 6.90. The van der Waals surface area contributed by atoms with E-state index in [0.29, 0.717) is 21.2 Å². The number of benzene rings is 1. The van der Waals surface area contributed by atoms with Gasteiger partial charge in [-0.15, -0.1) is 0 Å². The van der Waals surface area contributed by atoms with Crippen molar-refractivity contribution in [3.63, 3.8) is 0 Å². The van der Waals surface area contributed by atoms with Gasteiger partial charge in [0.05, 0.1) is 12.7 Å². The molecule has 0 aromatic heterocycles. The molecule has 0 radical (unpaired) electrons. The molecule has 20 heavy (non-hydrogen) atoms. The highest BCUT2D eigenvalue weighted by Crippen LogP contribution is 2.26. The fourth-order valence-electron chi connectivity index (χ4n) is 2.53. The normalized spacial score (nSPS) is 22.9. The SMILES string of the molecule is COc1ccc(Cl)cc1C(=O)NC1CCCCCC1Br. The van der Waals surface area contributed by atoms with Crippen LogP contribution in [0.1, 0.15) is 42.5 Å². The summed E-state index contributed by atoms with van der Waals surface area (Å²) in [5.41, 5.74) is 0.490. The Morgan fingerprint density at radius 1 is 1.35 bits per heavy atom. The van der Waals surface area contributed by atoms with Crippen LogP contribution >= 0.6 is 27.5 Å². The highest BCUT2D eigenvalue weighted by molar-refractivity contribution is 9.09. The molecular formula is C15H19BrClNO2. The van der Waals surface area contributed by atoms with Crippen LogP contribution in [-0.2, 0) is 0 Å². The van der Waals surface area contributed by atoms with Crippen molar-refractivity contribution in [2.24, 2.45) is 0 Å². The second-order valence-electron chi connectivity index (χ2n) is 5.08. The molecule has 1 aliphatic carbocycles. The number of nitrogens with one attached hydrogen (secondary N) is 1. The van der Waals surface area contributed by atoms with Crippen LogP contribution in [0.4, 0.5) is 0 Å². The van der Waals surface area contributed by atoms with Crippen LogP contribution in [0.3, 0.4) is 0 Å². The lowest BCUT2D eigenvalue weighted by Crippen LogP contribution is -2.40. The fraction of sp³-hybridized carbons (Fsp3) is 0.533. The molecule has 1 N–H and O–H groups in total. The predicted octanol–water partition coefficient (Wildman–Crippen LogP) is 4.17. The van der Waals surface area contributed by atoms with Gasteiger partial charge in [-0.3, -0.25) is 4.79 Å². The largest absolute Gasteiger partial charge is 0.496 e. The van der Waals surface area contributed by atoms with E-state index in [-0.39, 0.29) is 11.9 Å². The lowest BCUT2D eigenvalue weighted by atomic mass is 10.1. The Morgan fingerprint density at radius 2 is 2.10 bits per heavy atom. The third-order valence-corrected chi connectivity index (χ3v) is 4.99. The molecular weight excluding hydrogens is 342 g/mol. The van der Waals surface area contributed by atoms with Crippen molar-refractivity contribution in [1.82, 2.24) is 5.32 Å². The van der Waals surface area contributed by atoms with Crippen LogP contribution in [0.2, 0.25) is 5.02 Å². The topological polar surface area (TPSA) is 38.3 Å². The van der Waals surface area contributed by atoms with Crippen LogP contribution in [0.5, 0.6) is 5.75 Å². The van der Waals surface area contributed by atoms with Gasteiger partial charge in [0.2, 0.25) is 0 Å². The highest BCUT2D eigenvalue weighted by atomic mass is 79.9. The molecule has 5 heteroatoms. The standard InChI is InChI=1S/C15H19BrClNO2/c1-20-14-8-7-10(17)9-11(14)15(19)18-13-6-4-2-3-5-12(13)16/h7-9,12-13H,2-6H2,1H3,(H,18,19). The Morgan fingerprint density at radius 3 is 2.85 bits per heavy atom. The van der Waals surface area contributed by atoms with Gasteiger partial charge in [0.1, 0.15) is 5.75 Å². The molecule has 0 aliphatic heterocycles. The zero-order valence-electron chi connectivity index (χ0n) is 11.5. The van der Waals surface area contributed by atoms with Crippen molar-refractivity contribution < 1.29 is 9.53 Å². The molecule has 1 saturated carbocycles. The van der Waals surface area contributed by atoms with Crippen molar-refractivity contribution in [2.45, 2.75) is 43.0 Å². The van der Waals surface area contributed by atoms with E-state index in [1.807, 2.05) is 0 Å². The first kappa shape index (κ1) is 15.6. The zero-order valence-corrected chi connectivity index (χ0v) is 13.8. The quantitative estimate of drug-likeness (QED) is 0.649. The van der Waals surface area contributed by atoms with E-state index in [1.165, 1.54) is 12.8 Å². The summed E-state index contributed by atoms with van der Waals surface area (Å²) in [5.74, 6) is 0.423. The van der Waals surface area contributed by atoms with Crippen LogP contribution in [0.15, 0.2) is 18.2 Å². The summed E-state index contributed by atoms with van der Waals surface area (Å²) in [6.45, 7) is 0. The molecule has 1 amide bonds. The summed E-state index contributed by atoms with van der Waals surface area (Å²) in [6.07, 6.45) is 5.69. The molecule has 2 unspecified atom stereocenters. The van der Waals surface area contributed by atoms with Crippen molar-refractivity contribution in [3.05, 3.63) is 28.8 Å². The summed E-state index contributed by atoms with van der Waals surface area (Å²) >= 11 is 9.65. The maximum Gasteiger partial charge on any atom is 0.255 e. The van der Waals surface area contributed by atoms with Crippen molar-refractivity contribution in [1.29, 1.82) is 0 Å². The summed E-state index contributed by atoms with van der Waals surface area (Å²) < 4.78 is 5.23. The zero-order chi connectivity index (χ0) is 14.5. The summed E-state index contributed by atoms with van der Waals surface area (Å²) in [7, 11) is 1.55. The Kier molecular flexibility index (Phi) is 5.73. The molecule has 2 rings (SSSR count). The lowest BCUT2D eigenvalue weighted by Gasteiger charge is -2.22. The Bertz CT molecular complexity index is 481.